The first kappa shape index (κ1) is 10.0. The Balaban J connectivity index is 2.97. The second-order valence-electron chi connectivity index (χ2n) is 2.86. The van der Waals surface area contributed by atoms with Gasteiger partial charge >= 0.3 is 0 Å². The number of hydrogen-bond acceptors (Lipinski definition) is 1. The van der Waals surface area contributed by atoms with Gasteiger partial charge in [-0.05, 0) is 24.6 Å². The number of allylic oxidation sites excluding steroid dienone is 1. The van der Waals surface area contributed by atoms with Crippen molar-refractivity contribution >= 4 is 22.0 Å². The molecule has 0 atom stereocenters. The second kappa shape index (κ2) is 4.84. The van der Waals surface area contributed by atoms with E-state index in [2.05, 4.69) is 28.1 Å². The summed E-state index contributed by atoms with van der Waals surface area (Å²) in [4.78, 5) is 0. The molecule has 0 N–H and O–H groups in total. The lowest BCUT2D eigenvalue weighted by molar-refractivity contribution is 1.44. The second-order valence-corrected chi connectivity index (χ2v) is 3.42. The van der Waals surface area contributed by atoms with Gasteiger partial charge < -0.3 is 0 Å². The van der Waals surface area contributed by atoms with Crippen LogP contribution in [0.3, 0.4) is 0 Å². The first-order valence-electron chi connectivity index (χ1n) is 3.99. The first-order chi connectivity index (χ1) is 6.26. The summed E-state index contributed by atoms with van der Waals surface area (Å²) < 4.78 is 0. The number of halogens is 1. The Morgan fingerprint density at radius 3 is 3.00 bits per heavy atom. The summed E-state index contributed by atoms with van der Waals surface area (Å²) in [7, 11) is 0. The molecule has 0 unspecified atom stereocenters. The topological polar surface area (TPSA) is 23.8 Å². The normalized spacial score (nSPS) is 11.0. The van der Waals surface area contributed by atoms with Gasteiger partial charge in [0.1, 0.15) is 0 Å². The van der Waals surface area contributed by atoms with E-state index >= 15 is 0 Å². The van der Waals surface area contributed by atoms with Crippen LogP contribution in [-0.2, 0) is 0 Å². The van der Waals surface area contributed by atoms with Crippen molar-refractivity contribution < 1.29 is 0 Å². The van der Waals surface area contributed by atoms with Crippen LogP contribution in [0.2, 0.25) is 0 Å². The molecule has 1 rings (SSSR count). The average molecular weight is 236 g/mol. The van der Waals surface area contributed by atoms with Gasteiger partial charge in [0, 0.05) is 5.33 Å². The van der Waals surface area contributed by atoms with E-state index in [1.807, 2.05) is 25.1 Å². The third-order valence-electron chi connectivity index (χ3n) is 1.64. The van der Waals surface area contributed by atoms with Crippen LogP contribution in [0.15, 0.2) is 29.8 Å². The number of alkyl halides is 1. The largest absolute Gasteiger partial charge is 0.192 e. The van der Waals surface area contributed by atoms with Gasteiger partial charge in [-0.1, -0.05) is 39.7 Å². The van der Waals surface area contributed by atoms with Gasteiger partial charge in [0.25, 0.3) is 0 Å². The Morgan fingerprint density at radius 1 is 1.62 bits per heavy atom. The lowest BCUT2D eigenvalue weighted by Crippen LogP contribution is -1.79. The molecule has 0 aliphatic heterocycles. The van der Waals surface area contributed by atoms with Crippen molar-refractivity contribution in [3.8, 4) is 6.07 Å². The molecule has 0 saturated heterocycles. The van der Waals surface area contributed by atoms with Crippen molar-refractivity contribution in [3.05, 3.63) is 41.0 Å². The highest BCUT2D eigenvalue weighted by molar-refractivity contribution is 9.09. The molecular weight excluding hydrogens is 226 g/mol. The van der Waals surface area contributed by atoms with Gasteiger partial charge in [-0.3, -0.25) is 0 Å². The quantitative estimate of drug-likeness (QED) is 0.722. The maximum absolute atomic E-state index is 8.67. The monoisotopic (exact) mass is 235 g/mol. The number of nitriles is 1. The molecule has 1 aromatic carbocycles. The van der Waals surface area contributed by atoms with E-state index in [1.54, 1.807) is 6.07 Å². The van der Waals surface area contributed by atoms with Crippen molar-refractivity contribution in [1.82, 2.24) is 0 Å². The van der Waals surface area contributed by atoms with Crippen LogP contribution < -0.4 is 0 Å². The molecule has 0 amide bonds. The smallest absolute Gasteiger partial charge is 0.0991 e. The van der Waals surface area contributed by atoms with E-state index < -0.39 is 0 Å². The number of hydrogen-bond donors (Lipinski definition) is 0. The molecule has 0 heterocycles. The molecule has 66 valence electrons. The van der Waals surface area contributed by atoms with Crippen molar-refractivity contribution in [3.63, 3.8) is 0 Å². The van der Waals surface area contributed by atoms with Gasteiger partial charge in [-0.2, -0.15) is 5.26 Å². The molecule has 0 aromatic heterocycles. The molecule has 1 nitrogen and oxygen atoms in total. The summed E-state index contributed by atoms with van der Waals surface area (Å²) in [6, 6.07) is 9.69. The van der Waals surface area contributed by atoms with E-state index in [9.17, 15) is 0 Å². The van der Waals surface area contributed by atoms with Crippen molar-refractivity contribution in [2.24, 2.45) is 0 Å². The summed E-state index contributed by atoms with van der Waals surface area (Å²) >= 11 is 3.37. The van der Waals surface area contributed by atoms with E-state index in [-0.39, 0.29) is 0 Å². The molecule has 2 heteroatoms. The minimum absolute atomic E-state index is 0.705. The Hall–Kier alpha value is -1.07. The number of nitrogens with zero attached hydrogens (tertiary/aromatic N) is 1. The molecular formula is C11H10BrN. The van der Waals surface area contributed by atoms with Gasteiger partial charge in [-0.15, -0.1) is 0 Å². The van der Waals surface area contributed by atoms with Crippen LogP contribution >= 0.6 is 15.9 Å². The minimum atomic E-state index is 0.705. The first-order valence-corrected chi connectivity index (χ1v) is 5.11. The van der Waals surface area contributed by atoms with Gasteiger partial charge in [-0.25, -0.2) is 0 Å². The molecule has 0 fully saturated rings. The van der Waals surface area contributed by atoms with Crippen molar-refractivity contribution in [1.29, 1.82) is 5.26 Å². The zero-order valence-electron chi connectivity index (χ0n) is 7.42. The summed E-state index contributed by atoms with van der Waals surface area (Å²) in [6.07, 6.45) is 2.07. The predicted molar refractivity (Wildman–Crippen MR) is 58.6 cm³/mol. The zero-order valence-corrected chi connectivity index (χ0v) is 9.01. The summed E-state index contributed by atoms with van der Waals surface area (Å²) in [5, 5.41) is 9.54. The SMILES string of the molecule is CC(=Cc1cccc(C#N)c1)CBr. The van der Waals surface area contributed by atoms with Crippen molar-refractivity contribution in [2.75, 3.05) is 5.33 Å². The van der Waals surface area contributed by atoms with Crippen LogP contribution in [0, 0.1) is 11.3 Å². The molecule has 0 bridgehead atoms. The van der Waals surface area contributed by atoms with Gasteiger partial charge in [0.2, 0.25) is 0 Å². The van der Waals surface area contributed by atoms with Crippen LogP contribution in [-0.4, -0.2) is 5.33 Å². The fourth-order valence-electron chi connectivity index (χ4n) is 1.02. The van der Waals surface area contributed by atoms with Crippen molar-refractivity contribution in [2.45, 2.75) is 6.92 Å². The lowest BCUT2D eigenvalue weighted by atomic mass is 10.1. The summed E-state index contributed by atoms with van der Waals surface area (Å²) in [5.74, 6) is 0. The Morgan fingerprint density at radius 2 is 2.38 bits per heavy atom. The highest BCUT2D eigenvalue weighted by Gasteiger charge is 1.92. The fraction of sp³-hybridized carbons (Fsp3) is 0.182. The molecule has 1 aromatic rings. The molecule has 0 aliphatic rings. The lowest BCUT2D eigenvalue weighted by Gasteiger charge is -1.96. The van der Waals surface area contributed by atoms with Crippen LogP contribution in [0.1, 0.15) is 18.1 Å². The highest BCUT2D eigenvalue weighted by Crippen LogP contribution is 2.10. The minimum Gasteiger partial charge on any atom is -0.192 e. The van der Waals surface area contributed by atoms with Gasteiger partial charge in [0.05, 0.1) is 11.6 Å². The molecule has 0 spiro atoms. The standard InChI is InChI=1S/C11H10BrN/c1-9(7-12)5-10-3-2-4-11(6-10)8-13/h2-6H,7H2,1H3. The highest BCUT2D eigenvalue weighted by atomic mass is 79.9. The van der Waals surface area contributed by atoms with Crippen LogP contribution in [0.4, 0.5) is 0 Å². The van der Waals surface area contributed by atoms with E-state index in [4.69, 9.17) is 5.26 Å². The summed E-state index contributed by atoms with van der Waals surface area (Å²) in [6.45, 7) is 2.05. The fourth-order valence-corrected chi connectivity index (χ4v) is 1.18. The third-order valence-corrected chi connectivity index (χ3v) is 2.52. The average Bonchev–Trinajstić information content (AvgIpc) is 2.18. The third kappa shape index (κ3) is 3.04. The Labute approximate surface area is 86.8 Å². The van der Waals surface area contributed by atoms with E-state index in [1.165, 1.54) is 5.57 Å². The van der Waals surface area contributed by atoms with E-state index in [0.29, 0.717) is 5.56 Å². The number of rotatable bonds is 2. The maximum atomic E-state index is 8.67. The van der Waals surface area contributed by atoms with Gasteiger partial charge in [0.15, 0.2) is 0 Å². The Kier molecular flexibility index (Phi) is 3.72. The molecule has 0 radical (unpaired) electrons. The van der Waals surface area contributed by atoms with E-state index in [0.717, 1.165) is 10.9 Å². The predicted octanol–water partition coefficient (Wildman–Crippen LogP) is 3.36. The van der Waals surface area contributed by atoms with Crippen LogP contribution in [0.5, 0.6) is 0 Å². The molecule has 0 saturated carbocycles. The summed E-state index contributed by atoms with van der Waals surface area (Å²) in [5.41, 5.74) is 3.03. The zero-order chi connectivity index (χ0) is 9.68. The number of benzene rings is 1. The molecule has 0 aliphatic carbocycles. The molecule has 13 heavy (non-hydrogen) atoms. The van der Waals surface area contributed by atoms with Crippen LogP contribution in [0.25, 0.3) is 6.08 Å². The maximum Gasteiger partial charge on any atom is 0.0991 e. The Bertz CT molecular complexity index is 361.